The van der Waals surface area contributed by atoms with Crippen LogP contribution < -0.4 is 15.5 Å². The summed E-state index contributed by atoms with van der Waals surface area (Å²) in [6, 6.07) is 11.5. The molecule has 27 heavy (non-hydrogen) atoms. The standard InChI is InChI=1S/C21H26N4O2/c1-21(2,19(26)23-15-16-6-5-11-22-14-16)20(27)24-17-7-9-18(10-8-17)25-12-3-4-13-25/h5-11,14H,3-4,12-13,15H2,1-2H3,(H,23,26)(H,24,27). The normalized spacial score (nSPS) is 14.1. The molecular weight excluding hydrogens is 340 g/mol. The highest BCUT2D eigenvalue weighted by Crippen LogP contribution is 2.24. The number of nitrogens with zero attached hydrogens (tertiary/aromatic N) is 2. The van der Waals surface area contributed by atoms with Crippen LogP contribution >= 0.6 is 0 Å². The van der Waals surface area contributed by atoms with Crippen LogP contribution in [-0.2, 0) is 16.1 Å². The highest BCUT2D eigenvalue weighted by Gasteiger charge is 2.36. The minimum Gasteiger partial charge on any atom is -0.372 e. The van der Waals surface area contributed by atoms with E-state index in [1.807, 2.05) is 36.4 Å². The van der Waals surface area contributed by atoms with Gasteiger partial charge in [-0.2, -0.15) is 0 Å². The van der Waals surface area contributed by atoms with Gasteiger partial charge in [-0.1, -0.05) is 6.07 Å². The van der Waals surface area contributed by atoms with Crippen LogP contribution in [-0.4, -0.2) is 29.9 Å². The summed E-state index contributed by atoms with van der Waals surface area (Å²) in [5, 5.41) is 5.65. The Morgan fingerprint density at radius 1 is 1.07 bits per heavy atom. The van der Waals surface area contributed by atoms with Gasteiger partial charge in [-0.25, -0.2) is 0 Å². The third kappa shape index (κ3) is 4.64. The number of benzene rings is 1. The minimum absolute atomic E-state index is 0.322. The van der Waals surface area contributed by atoms with Crippen LogP contribution in [0.3, 0.4) is 0 Å². The van der Waals surface area contributed by atoms with Crippen molar-refractivity contribution in [3.63, 3.8) is 0 Å². The lowest BCUT2D eigenvalue weighted by molar-refractivity contribution is -0.138. The third-order valence-corrected chi connectivity index (χ3v) is 4.91. The maximum atomic E-state index is 12.6. The van der Waals surface area contributed by atoms with Crippen molar-refractivity contribution in [3.05, 3.63) is 54.4 Å². The van der Waals surface area contributed by atoms with Crippen molar-refractivity contribution < 1.29 is 9.59 Å². The average Bonchev–Trinajstić information content (AvgIpc) is 3.22. The molecule has 0 saturated carbocycles. The second-order valence-corrected chi connectivity index (χ2v) is 7.36. The summed E-state index contributed by atoms with van der Waals surface area (Å²) in [4.78, 5) is 31.5. The smallest absolute Gasteiger partial charge is 0.239 e. The highest BCUT2D eigenvalue weighted by atomic mass is 16.2. The Hall–Kier alpha value is -2.89. The SMILES string of the molecule is CC(C)(C(=O)NCc1cccnc1)C(=O)Nc1ccc(N2CCCC2)cc1. The Bertz CT molecular complexity index is 782. The molecule has 0 spiro atoms. The predicted octanol–water partition coefficient (Wildman–Crippen LogP) is 2.96. The Morgan fingerprint density at radius 2 is 1.78 bits per heavy atom. The molecule has 6 heteroatoms. The number of nitrogens with one attached hydrogen (secondary N) is 2. The second kappa shape index (κ2) is 8.20. The molecule has 0 aliphatic carbocycles. The Labute approximate surface area is 160 Å². The monoisotopic (exact) mass is 366 g/mol. The van der Waals surface area contributed by atoms with Crippen LogP contribution in [0, 0.1) is 5.41 Å². The quantitative estimate of drug-likeness (QED) is 0.771. The van der Waals surface area contributed by atoms with E-state index in [1.54, 1.807) is 26.2 Å². The average molecular weight is 366 g/mol. The maximum Gasteiger partial charge on any atom is 0.239 e. The van der Waals surface area contributed by atoms with E-state index in [0.29, 0.717) is 12.2 Å². The van der Waals surface area contributed by atoms with Gasteiger partial charge in [0.1, 0.15) is 5.41 Å². The van der Waals surface area contributed by atoms with Crippen molar-refractivity contribution in [1.29, 1.82) is 0 Å². The second-order valence-electron chi connectivity index (χ2n) is 7.36. The van der Waals surface area contributed by atoms with Gasteiger partial charge in [-0.3, -0.25) is 14.6 Å². The van der Waals surface area contributed by atoms with E-state index in [0.717, 1.165) is 18.7 Å². The molecule has 1 fully saturated rings. The summed E-state index contributed by atoms with van der Waals surface area (Å²) in [5.41, 5.74) is 1.56. The van der Waals surface area contributed by atoms with Gasteiger partial charge in [0.2, 0.25) is 11.8 Å². The molecule has 2 amide bonds. The van der Waals surface area contributed by atoms with E-state index in [2.05, 4.69) is 20.5 Å². The molecule has 0 radical (unpaired) electrons. The first kappa shape index (κ1) is 18.9. The number of carbonyl (C=O) groups excluding carboxylic acids is 2. The van der Waals surface area contributed by atoms with Crippen molar-refractivity contribution >= 4 is 23.2 Å². The molecule has 2 N–H and O–H groups in total. The van der Waals surface area contributed by atoms with Gasteiger partial charge in [0, 0.05) is 43.4 Å². The van der Waals surface area contributed by atoms with Gasteiger partial charge >= 0.3 is 0 Å². The first-order valence-corrected chi connectivity index (χ1v) is 9.30. The summed E-state index contributed by atoms with van der Waals surface area (Å²) >= 11 is 0. The summed E-state index contributed by atoms with van der Waals surface area (Å²) in [5.74, 6) is -0.655. The van der Waals surface area contributed by atoms with Crippen molar-refractivity contribution in [2.45, 2.75) is 33.2 Å². The van der Waals surface area contributed by atoms with E-state index < -0.39 is 5.41 Å². The van der Waals surface area contributed by atoms with Gasteiger partial charge in [-0.15, -0.1) is 0 Å². The van der Waals surface area contributed by atoms with Gasteiger partial charge in [0.05, 0.1) is 0 Å². The minimum atomic E-state index is -1.18. The summed E-state index contributed by atoms with van der Waals surface area (Å²) in [7, 11) is 0. The zero-order chi connectivity index (χ0) is 19.3. The lowest BCUT2D eigenvalue weighted by Gasteiger charge is -2.23. The van der Waals surface area contributed by atoms with E-state index in [9.17, 15) is 9.59 Å². The molecule has 3 rings (SSSR count). The van der Waals surface area contributed by atoms with Gasteiger partial charge in [-0.05, 0) is 62.6 Å². The summed E-state index contributed by atoms with van der Waals surface area (Å²) in [6.45, 7) is 5.75. The van der Waals surface area contributed by atoms with Crippen LogP contribution in [0.25, 0.3) is 0 Å². The third-order valence-electron chi connectivity index (χ3n) is 4.91. The molecule has 1 aromatic heterocycles. The number of hydrogen-bond donors (Lipinski definition) is 2. The van der Waals surface area contributed by atoms with Gasteiger partial charge in [0.15, 0.2) is 0 Å². The van der Waals surface area contributed by atoms with Crippen molar-refractivity contribution in [2.75, 3.05) is 23.3 Å². The molecule has 1 aromatic carbocycles. The molecule has 1 saturated heterocycles. The van der Waals surface area contributed by atoms with E-state index in [-0.39, 0.29) is 11.8 Å². The number of rotatable bonds is 6. The first-order chi connectivity index (χ1) is 13.0. The molecule has 1 aliphatic heterocycles. The predicted molar refractivity (Wildman–Crippen MR) is 106 cm³/mol. The fourth-order valence-electron chi connectivity index (χ4n) is 3.03. The molecule has 142 valence electrons. The molecule has 1 aliphatic rings. The van der Waals surface area contributed by atoms with Crippen LogP contribution in [0.15, 0.2) is 48.8 Å². The van der Waals surface area contributed by atoms with Crippen LogP contribution in [0.4, 0.5) is 11.4 Å². The van der Waals surface area contributed by atoms with Gasteiger partial charge in [0.25, 0.3) is 0 Å². The molecule has 2 heterocycles. The fourth-order valence-corrected chi connectivity index (χ4v) is 3.03. The number of carbonyl (C=O) groups is 2. The topological polar surface area (TPSA) is 74.3 Å². The Balaban J connectivity index is 1.57. The molecular formula is C21H26N4O2. The lowest BCUT2D eigenvalue weighted by Crippen LogP contribution is -2.44. The van der Waals surface area contributed by atoms with E-state index in [4.69, 9.17) is 0 Å². The number of aromatic nitrogens is 1. The van der Waals surface area contributed by atoms with Crippen molar-refractivity contribution in [2.24, 2.45) is 5.41 Å². The van der Waals surface area contributed by atoms with Crippen LogP contribution in [0.1, 0.15) is 32.3 Å². The number of hydrogen-bond acceptors (Lipinski definition) is 4. The summed E-state index contributed by atoms with van der Waals surface area (Å²) < 4.78 is 0. The molecule has 0 unspecified atom stereocenters. The highest BCUT2D eigenvalue weighted by molar-refractivity contribution is 6.09. The van der Waals surface area contributed by atoms with E-state index in [1.165, 1.54) is 18.5 Å². The summed E-state index contributed by atoms with van der Waals surface area (Å²) in [6.07, 6.45) is 5.81. The van der Waals surface area contributed by atoms with Crippen LogP contribution in [0.2, 0.25) is 0 Å². The number of anilines is 2. The maximum absolute atomic E-state index is 12.6. The molecule has 2 aromatic rings. The fraction of sp³-hybridized carbons (Fsp3) is 0.381. The zero-order valence-electron chi connectivity index (χ0n) is 15.9. The van der Waals surface area contributed by atoms with Crippen LogP contribution in [0.5, 0.6) is 0 Å². The molecule has 6 nitrogen and oxygen atoms in total. The largest absolute Gasteiger partial charge is 0.372 e. The Kier molecular flexibility index (Phi) is 5.74. The molecule has 0 atom stereocenters. The number of amides is 2. The Morgan fingerprint density at radius 3 is 2.41 bits per heavy atom. The van der Waals surface area contributed by atoms with Gasteiger partial charge < -0.3 is 15.5 Å². The first-order valence-electron chi connectivity index (χ1n) is 9.30. The number of pyridine rings is 1. The lowest BCUT2D eigenvalue weighted by atomic mass is 9.91. The van der Waals surface area contributed by atoms with E-state index >= 15 is 0 Å². The molecule has 0 bridgehead atoms. The van der Waals surface area contributed by atoms with Crippen molar-refractivity contribution in [1.82, 2.24) is 10.3 Å². The zero-order valence-corrected chi connectivity index (χ0v) is 15.9. The van der Waals surface area contributed by atoms with Crippen molar-refractivity contribution in [3.8, 4) is 0 Å².